The lowest BCUT2D eigenvalue weighted by atomic mass is 10.1. The third kappa shape index (κ3) is 5.77. The van der Waals surface area contributed by atoms with E-state index in [-0.39, 0.29) is 5.38 Å². The van der Waals surface area contributed by atoms with Crippen LogP contribution in [0.25, 0.3) is 0 Å². The summed E-state index contributed by atoms with van der Waals surface area (Å²) in [5.74, 6) is 1.39. The second-order valence-electron chi connectivity index (χ2n) is 6.48. The van der Waals surface area contributed by atoms with Crippen LogP contribution in [0.1, 0.15) is 29.1 Å². The summed E-state index contributed by atoms with van der Waals surface area (Å²) in [5.41, 5.74) is 0.896. The largest absolute Gasteiger partial charge is 0.457 e. The predicted molar refractivity (Wildman–Crippen MR) is 111 cm³/mol. The molecule has 3 aromatic rings. The molecule has 3 rings (SSSR count). The lowest BCUT2D eigenvalue weighted by Gasteiger charge is -2.11. The Morgan fingerprint density at radius 2 is 1.60 bits per heavy atom. The van der Waals surface area contributed by atoms with Crippen molar-refractivity contribution in [1.29, 1.82) is 0 Å². The first-order valence-electron chi connectivity index (χ1n) is 9.06. The van der Waals surface area contributed by atoms with Crippen LogP contribution in [-0.4, -0.2) is 16.5 Å². The van der Waals surface area contributed by atoms with E-state index in [0.717, 1.165) is 17.7 Å². The number of alkyl halides is 4. The van der Waals surface area contributed by atoms with E-state index in [0.29, 0.717) is 41.0 Å². The number of rotatable bonds is 7. The smallest absolute Gasteiger partial charge is 0.416 e. The lowest BCUT2D eigenvalue weighted by molar-refractivity contribution is -0.137. The second-order valence-corrected chi connectivity index (χ2v) is 7.52. The summed E-state index contributed by atoms with van der Waals surface area (Å²) in [6.07, 6.45) is -2.25. The Kier molecular flexibility index (Phi) is 7.05. The van der Waals surface area contributed by atoms with E-state index in [1.54, 1.807) is 19.1 Å². The summed E-state index contributed by atoms with van der Waals surface area (Å²) in [6.45, 7) is 2.37. The molecule has 1 atom stereocenters. The molecule has 158 valence electrons. The molecule has 0 aliphatic carbocycles. The molecule has 1 heterocycles. The number of halogens is 5. The fourth-order valence-corrected chi connectivity index (χ4v) is 3.23. The van der Waals surface area contributed by atoms with Crippen LogP contribution in [0.3, 0.4) is 0 Å². The zero-order valence-corrected chi connectivity index (χ0v) is 17.4. The van der Waals surface area contributed by atoms with Crippen molar-refractivity contribution >= 4 is 29.0 Å². The minimum atomic E-state index is -4.37. The molecule has 9 heteroatoms. The first-order chi connectivity index (χ1) is 14.2. The molecule has 0 aliphatic rings. The molecular formula is C21H18Cl2F3N3O. The van der Waals surface area contributed by atoms with Crippen LogP contribution in [-0.2, 0) is 12.6 Å². The van der Waals surface area contributed by atoms with Crippen molar-refractivity contribution in [3.05, 3.63) is 76.7 Å². The van der Waals surface area contributed by atoms with E-state index in [4.69, 9.17) is 27.9 Å². The molecule has 0 spiro atoms. The topological polar surface area (TPSA) is 47.0 Å². The molecule has 0 saturated carbocycles. The summed E-state index contributed by atoms with van der Waals surface area (Å²) < 4.78 is 43.4. The van der Waals surface area contributed by atoms with Crippen molar-refractivity contribution < 1.29 is 17.9 Å². The minimum Gasteiger partial charge on any atom is -0.457 e. The van der Waals surface area contributed by atoms with Gasteiger partial charge in [0.2, 0.25) is 0 Å². The third-order valence-corrected chi connectivity index (χ3v) is 4.82. The monoisotopic (exact) mass is 455 g/mol. The molecule has 0 aliphatic heterocycles. The van der Waals surface area contributed by atoms with E-state index in [2.05, 4.69) is 15.3 Å². The van der Waals surface area contributed by atoms with Gasteiger partial charge in [-0.2, -0.15) is 13.2 Å². The molecule has 2 aromatic carbocycles. The van der Waals surface area contributed by atoms with Gasteiger partial charge in [0.1, 0.15) is 28.7 Å². The van der Waals surface area contributed by atoms with Crippen molar-refractivity contribution in [2.45, 2.75) is 24.9 Å². The first-order valence-corrected chi connectivity index (χ1v) is 9.88. The van der Waals surface area contributed by atoms with Crippen LogP contribution in [0.2, 0.25) is 5.02 Å². The molecular weight excluding hydrogens is 438 g/mol. The summed E-state index contributed by atoms with van der Waals surface area (Å²) >= 11 is 12.3. The maximum absolute atomic E-state index is 12.6. The van der Waals surface area contributed by atoms with Gasteiger partial charge in [0.15, 0.2) is 0 Å². The van der Waals surface area contributed by atoms with Crippen LogP contribution in [0, 0.1) is 0 Å². The Bertz CT molecular complexity index is 978. The van der Waals surface area contributed by atoms with Gasteiger partial charge >= 0.3 is 6.18 Å². The highest BCUT2D eigenvalue weighted by Gasteiger charge is 2.30. The normalized spacial score (nSPS) is 12.5. The number of nitrogens with zero attached hydrogens (tertiary/aromatic N) is 2. The minimum absolute atomic E-state index is 0.321. The summed E-state index contributed by atoms with van der Waals surface area (Å²) in [4.78, 5) is 8.21. The standard InChI is InChI=1S/C21H18Cl2F3N3O/c1-13(22)19-18(23)20(29-12-28-19)27-11-10-14-2-6-16(7-3-14)30-17-8-4-15(5-9-17)21(24,25)26/h2-9,12-13H,10-11H2,1H3,(H,27,28,29). The van der Waals surface area contributed by atoms with E-state index >= 15 is 0 Å². The average molecular weight is 456 g/mol. The molecule has 0 bridgehead atoms. The Labute approximate surface area is 182 Å². The fourth-order valence-electron chi connectivity index (χ4n) is 2.68. The van der Waals surface area contributed by atoms with Crippen LogP contribution in [0.4, 0.5) is 19.0 Å². The Hall–Kier alpha value is -2.51. The van der Waals surface area contributed by atoms with Crippen LogP contribution >= 0.6 is 23.2 Å². The van der Waals surface area contributed by atoms with Crippen LogP contribution in [0.15, 0.2) is 54.9 Å². The fraction of sp³-hybridized carbons (Fsp3) is 0.238. The SMILES string of the molecule is CC(Cl)c1ncnc(NCCc2ccc(Oc3ccc(C(F)(F)F)cc3)cc2)c1Cl. The van der Waals surface area contributed by atoms with Gasteiger partial charge in [-0.15, -0.1) is 11.6 Å². The number of aromatic nitrogens is 2. The molecule has 0 amide bonds. The number of nitrogens with one attached hydrogen (secondary N) is 1. The van der Waals surface area contributed by atoms with Gasteiger partial charge < -0.3 is 10.1 Å². The molecule has 4 nitrogen and oxygen atoms in total. The van der Waals surface area contributed by atoms with Gasteiger partial charge in [0.25, 0.3) is 0 Å². The van der Waals surface area contributed by atoms with Crippen molar-refractivity contribution in [3.8, 4) is 11.5 Å². The zero-order valence-electron chi connectivity index (χ0n) is 15.9. The molecule has 1 aromatic heterocycles. The van der Waals surface area contributed by atoms with Crippen molar-refractivity contribution in [2.75, 3.05) is 11.9 Å². The van der Waals surface area contributed by atoms with E-state index in [1.165, 1.54) is 18.5 Å². The summed E-state index contributed by atoms with van der Waals surface area (Å²) in [5, 5.41) is 3.25. The van der Waals surface area contributed by atoms with E-state index in [9.17, 15) is 13.2 Å². The first kappa shape index (κ1) is 22.2. The van der Waals surface area contributed by atoms with Gasteiger partial charge in [-0.3, -0.25) is 0 Å². The molecule has 0 saturated heterocycles. The maximum Gasteiger partial charge on any atom is 0.416 e. The highest BCUT2D eigenvalue weighted by molar-refractivity contribution is 6.34. The molecule has 1 unspecified atom stereocenters. The second kappa shape index (κ2) is 9.53. The quantitative estimate of drug-likeness (QED) is 0.393. The highest BCUT2D eigenvalue weighted by Crippen LogP contribution is 2.32. The van der Waals surface area contributed by atoms with Gasteiger partial charge in [-0.1, -0.05) is 23.7 Å². The molecule has 0 radical (unpaired) electrons. The Morgan fingerprint density at radius 1 is 1.00 bits per heavy atom. The number of hydrogen-bond donors (Lipinski definition) is 1. The molecule has 30 heavy (non-hydrogen) atoms. The Morgan fingerprint density at radius 3 is 2.17 bits per heavy atom. The number of ether oxygens (including phenoxy) is 1. The maximum atomic E-state index is 12.6. The summed E-state index contributed by atoms with van der Waals surface area (Å²) in [7, 11) is 0. The Balaban J connectivity index is 1.54. The highest BCUT2D eigenvalue weighted by atomic mass is 35.5. The van der Waals surface area contributed by atoms with Gasteiger partial charge in [-0.05, 0) is 55.3 Å². The lowest BCUT2D eigenvalue weighted by Crippen LogP contribution is -2.08. The average Bonchev–Trinajstić information content (AvgIpc) is 2.70. The van der Waals surface area contributed by atoms with Crippen molar-refractivity contribution in [3.63, 3.8) is 0 Å². The number of benzene rings is 2. The van der Waals surface area contributed by atoms with E-state index in [1.807, 2.05) is 12.1 Å². The van der Waals surface area contributed by atoms with Gasteiger partial charge in [0.05, 0.1) is 16.6 Å². The number of hydrogen-bond acceptors (Lipinski definition) is 4. The van der Waals surface area contributed by atoms with Gasteiger partial charge in [-0.25, -0.2) is 9.97 Å². The molecule has 0 fully saturated rings. The van der Waals surface area contributed by atoms with Crippen LogP contribution < -0.4 is 10.1 Å². The number of anilines is 1. The zero-order chi connectivity index (χ0) is 21.7. The summed E-state index contributed by atoms with van der Waals surface area (Å²) in [6, 6.07) is 11.9. The van der Waals surface area contributed by atoms with E-state index < -0.39 is 11.7 Å². The molecule has 1 N–H and O–H groups in total. The van der Waals surface area contributed by atoms with Gasteiger partial charge in [0, 0.05) is 6.54 Å². The van der Waals surface area contributed by atoms with Crippen molar-refractivity contribution in [2.24, 2.45) is 0 Å². The van der Waals surface area contributed by atoms with Crippen molar-refractivity contribution in [1.82, 2.24) is 9.97 Å². The predicted octanol–water partition coefficient (Wildman–Crippen LogP) is 6.90. The van der Waals surface area contributed by atoms with Crippen LogP contribution in [0.5, 0.6) is 11.5 Å². The third-order valence-electron chi connectivity index (χ3n) is 4.24.